The van der Waals surface area contributed by atoms with E-state index in [2.05, 4.69) is 10.6 Å². The SMILES string of the molecule is CC1(OCC(=O)NC2CCCC2C(=O)O)CNC1. The monoisotopic (exact) mass is 256 g/mol. The second-order valence-corrected chi connectivity index (χ2v) is 5.39. The molecular weight excluding hydrogens is 236 g/mol. The van der Waals surface area contributed by atoms with Gasteiger partial charge in [0.05, 0.1) is 11.5 Å². The average molecular weight is 256 g/mol. The number of carboxylic acid groups (broad SMARTS) is 1. The second kappa shape index (κ2) is 5.24. The van der Waals surface area contributed by atoms with Crippen LogP contribution in [0.15, 0.2) is 0 Å². The van der Waals surface area contributed by atoms with Crippen LogP contribution in [0.2, 0.25) is 0 Å². The average Bonchev–Trinajstić information content (AvgIpc) is 2.72. The van der Waals surface area contributed by atoms with Crippen molar-refractivity contribution in [3.05, 3.63) is 0 Å². The van der Waals surface area contributed by atoms with Crippen molar-refractivity contribution in [2.24, 2.45) is 5.92 Å². The van der Waals surface area contributed by atoms with Gasteiger partial charge >= 0.3 is 5.97 Å². The van der Waals surface area contributed by atoms with Crippen molar-refractivity contribution in [1.82, 2.24) is 10.6 Å². The Balaban J connectivity index is 1.75. The minimum absolute atomic E-state index is 0.00101. The molecule has 0 aromatic carbocycles. The Labute approximate surface area is 106 Å². The summed E-state index contributed by atoms with van der Waals surface area (Å²) in [5.74, 6) is -1.50. The summed E-state index contributed by atoms with van der Waals surface area (Å²) in [6.07, 6.45) is 2.23. The maximum Gasteiger partial charge on any atom is 0.308 e. The summed E-state index contributed by atoms with van der Waals surface area (Å²) in [7, 11) is 0. The summed E-state index contributed by atoms with van der Waals surface area (Å²) < 4.78 is 5.51. The number of carbonyl (C=O) groups excluding carboxylic acids is 1. The summed E-state index contributed by atoms with van der Waals surface area (Å²) in [5, 5.41) is 14.9. The quantitative estimate of drug-likeness (QED) is 0.630. The van der Waals surface area contributed by atoms with Crippen LogP contribution in [0.25, 0.3) is 0 Å². The van der Waals surface area contributed by atoms with Crippen LogP contribution in [0.3, 0.4) is 0 Å². The summed E-state index contributed by atoms with van der Waals surface area (Å²) in [6.45, 7) is 3.45. The molecule has 1 saturated carbocycles. The predicted octanol–water partition coefficient (Wildman–Crippen LogP) is -0.266. The van der Waals surface area contributed by atoms with E-state index >= 15 is 0 Å². The predicted molar refractivity (Wildman–Crippen MR) is 64.1 cm³/mol. The van der Waals surface area contributed by atoms with Gasteiger partial charge in [-0.15, -0.1) is 0 Å². The first-order chi connectivity index (χ1) is 8.50. The number of nitrogens with one attached hydrogen (secondary N) is 2. The minimum atomic E-state index is -0.825. The number of aliphatic carboxylic acids is 1. The lowest BCUT2D eigenvalue weighted by Crippen LogP contribution is -2.59. The standard InChI is InChI=1S/C12H20N2O4/c1-12(6-13-7-12)18-5-10(15)14-9-4-2-3-8(9)11(16)17/h8-9,13H,2-7H2,1H3,(H,14,15)(H,16,17). The molecular formula is C12H20N2O4. The highest BCUT2D eigenvalue weighted by atomic mass is 16.5. The number of rotatable bonds is 5. The van der Waals surface area contributed by atoms with Crippen LogP contribution in [0, 0.1) is 5.92 Å². The van der Waals surface area contributed by atoms with Crippen molar-refractivity contribution in [3.63, 3.8) is 0 Å². The molecule has 102 valence electrons. The van der Waals surface area contributed by atoms with E-state index in [1.165, 1.54) is 0 Å². The Hall–Kier alpha value is -1.14. The Kier molecular flexibility index (Phi) is 3.87. The third-order valence-corrected chi connectivity index (χ3v) is 3.73. The third-order valence-electron chi connectivity index (χ3n) is 3.73. The molecule has 18 heavy (non-hydrogen) atoms. The van der Waals surface area contributed by atoms with E-state index in [9.17, 15) is 9.59 Å². The van der Waals surface area contributed by atoms with Gasteiger partial charge in [0, 0.05) is 19.1 Å². The number of amides is 1. The maximum absolute atomic E-state index is 11.7. The first-order valence-corrected chi connectivity index (χ1v) is 6.37. The van der Waals surface area contributed by atoms with Crippen LogP contribution < -0.4 is 10.6 Å². The van der Waals surface area contributed by atoms with Gasteiger partial charge in [0.2, 0.25) is 5.91 Å². The zero-order valence-electron chi connectivity index (χ0n) is 10.6. The number of hydrogen-bond donors (Lipinski definition) is 3. The van der Waals surface area contributed by atoms with Crippen molar-refractivity contribution in [2.45, 2.75) is 37.8 Å². The molecule has 0 aromatic heterocycles. The van der Waals surface area contributed by atoms with Crippen molar-refractivity contribution < 1.29 is 19.4 Å². The first-order valence-electron chi connectivity index (χ1n) is 6.37. The van der Waals surface area contributed by atoms with Crippen LogP contribution in [-0.4, -0.2) is 48.3 Å². The minimum Gasteiger partial charge on any atom is -0.481 e. The summed E-state index contributed by atoms with van der Waals surface area (Å²) in [6, 6.07) is -0.245. The number of ether oxygens (including phenoxy) is 1. The van der Waals surface area contributed by atoms with Crippen molar-refractivity contribution in [1.29, 1.82) is 0 Å². The maximum atomic E-state index is 11.7. The van der Waals surface area contributed by atoms with E-state index < -0.39 is 11.9 Å². The highest BCUT2D eigenvalue weighted by Gasteiger charge is 2.35. The van der Waals surface area contributed by atoms with Crippen molar-refractivity contribution in [2.75, 3.05) is 19.7 Å². The van der Waals surface area contributed by atoms with Gasteiger partial charge in [-0.05, 0) is 19.8 Å². The van der Waals surface area contributed by atoms with Gasteiger partial charge < -0.3 is 20.5 Å². The Morgan fingerprint density at radius 2 is 2.17 bits per heavy atom. The summed E-state index contributed by atoms with van der Waals surface area (Å²) >= 11 is 0. The van der Waals surface area contributed by atoms with Gasteiger partial charge in [0.1, 0.15) is 6.61 Å². The Morgan fingerprint density at radius 3 is 2.72 bits per heavy atom. The fourth-order valence-electron chi connectivity index (χ4n) is 2.50. The molecule has 2 aliphatic rings. The molecule has 2 atom stereocenters. The largest absolute Gasteiger partial charge is 0.481 e. The molecule has 2 unspecified atom stereocenters. The fourth-order valence-corrected chi connectivity index (χ4v) is 2.50. The molecule has 6 nitrogen and oxygen atoms in total. The Bertz CT molecular complexity index is 341. The molecule has 0 aromatic rings. The van der Waals surface area contributed by atoms with Crippen LogP contribution in [0.5, 0.6) is 0 Å². The molecule has 0 bridgehead atoms. The molecule has 0 spiro atoms. The first kappa shape index (κ1) is 13.3. The van der Waals surface area contributed by atoms with Crippen LogP contribution >= 0.6 is 0 Å². The molecule has 0 radical (unpaired) electrons. The van der Waals surface area contributed by atoms with E-state index in [4.69, 9.17) is 9.84 Å². The van der Waals surface area contributed by atoms with Crippen molar-refractivity contribution >= 4 is 11.9 Å². The normalized spacial score (nSPS) is 29.6. The van der Waals surface area contributed by atoms with Crippen LogP contribution in [0.4, 0.5) is 0 Å². The van der Waals surface area contributed by atoms with E-state index in [1.54, 1.807) is 0 Å². The van der Waals surface area contributed by atoms with E-state index in [0.717, 1.165) is 25.9 Å². The molecule has 1 amide bonds. The lowest BCUT2D eigenvalue weighted by molar-refractivity contribution is -0.143. The molecule has 1 aliphatic carbocycles. The van der Waals surface area contributed by atoms with Gasteiger partial charge in [-0.3, -0.25) is 9.59 Å². The van der Waals surface area contributed by atoms with Crippen molar-refractivity contribution in [3.8, 4) is 0 Å². The number of hydrogen-bond acceptors (Lipinski definition) is 4. The van der Waals surface area contributed by atoms with E-state index in [-0.39, 0.29) is 24.2 Å². The third kappa shape index (κ3) is 3.00. The van der Waals surface area contributed by atoms with Crippen LogP contribution in [0.1, 0.15) is 26.2 Å². The zero-order chi connectivity index (χ0) is 13.2. The van der Waals surface area contributed by atoms with Gasteiger partial charge in [-0.25, -0.2) is 0 Å². The molecule has 1 saturated heterocycles. The topological polar surface area (TPSA) is 87.7 Å². The fraction of sp³-hybridized carbons (Fsp3) is 0.833. The number of carbonyl (C=O) groups is 2. The van der Waals surface area contributed by atoms with Gasteiger partial charge in [0.15, 0.2) is 0 Å². The zero-order valence-corrected chi connectivity index (χ0v) is 10.6. The molecule has 1 heterocycles. The van der Waals surface area contributed by atoms with Gasteiger partial charge in [0.25, 0.3) is 0 Å². The van der Waals surface area contributed by atoms with Crippen LogP contribution in [-0.2, 0) is 14.3 Å². The highest BCUT2D eigenvalue weighted by Crippen LogP contribution is 2.25. The molecule has 1 aliphatic heterocycles. The lowest BCUT2D eigenvalue weighted by Gasteiger charge is -2.38. The lowest BCUT2D eigenvalue weighted by atomic mass is 10.0. The van der Waals surface area contributed by atoms with E-state index in [0.29, 0.717) is 6.42 Å². The highest BCUT2D eigenvalue weighted by molar-refractivity contribution is 5.79. The van der Waals surface area contributed by atoms with Gasteiger partial charge in [-0.1, -0.05) is 6.42 Å². The number of carboxylic acids is 1. The molecule has 2 fully saturated rings. The smallest absolute Gasteiger partial charge is 0.308 e. The van der Waals surface area contributed by atoms with E-state index in [1.807, 2.05) is 6.92 Å². The summed E-state index contributed by atoms with van der Waals surface area (Å²) in [4.78, 5) is 22.7. The molecule has 3 N–H and O–H groups in total. The summed E-state index contributed by atoms with van der Waals surface area (Å²) in [5.41, 5.74) is -0.251. The second-order valence-electron chi connectivity index (χ2n) is 5.39. The molecule has 2 rings (SSSR count). The Morgan fingerprint density at radius 1 is 1.44 bits per heavy atom. The molecule has 6 heteroatoms. The van der Waals surface area contributed by atoms with Gasteiger partial charge in [-0.2, -0.15) is 0 Å².